The lowest BCUT2D eigenvalue weighted by molar-refractivity contribution is -0.0214. The second-order valence-corrected chi connectivity index (χ2v) is 26.4. The normalized spacial score (nSPS) is 33.6. The minimum absolute atomic E-state index is 0.0227. The van der Waals surface area contributed by atoms with E-state index < -0.39 is 53.7 Å². The Balaban J connectivity index is 1.03. The van der Waals surface area contributed by atoms with E-state index in [-0.39, 0.29) is 66.3 Å². The van der Waals surface area contributed by atoms with Crippen LogP contribution in [0, 0.1) is 58.7 Å². The molecule has 424 valence electrons. The first-order chi connectivity index (χ1) is 38.3. The summed E-state index contributed by atoms with van der Waals surface area (Å²) in [6, 6.07) is 29.1. The molecule has 1 spiro atoms. The van der Waals surface area contributed by atoms with Gasteiger partial charge in [-0.2, -0.15) is 0 Å². The first-order valence-corrected chi connectivity index (χ1v) is 31.7. The molecule has 16 atom stereocenters. The van der Waals surface area contributed by atoms with Crippen molar-refractivity contribution in [3.05, 3.63) is 154 Å². The molecule has 79 heavy (non-hydrogen) atoms. The molecular formula is C65H84N4O8S2. The Morgan fingerprint density at radius 1 is 0.886 bits per heavy atom. The Labute approximate surface area is 475 Å². The van der Waals surface area contributed by atoms with Gasteiger partial charge in [0.05, 0.1) is 24.4 Å². The lowest BCUT2D eigenvalue weighted by Crippen LogP contribution is -2.48. The minimum atomic E-state index is -1.08. The number of nitrogens with one attached hydrogen (secondary N) is 3. The number of aliphatic hydroxyl groups excluding tert-OH is 6. The number of aromatic amines is 1. The first-order valence-electron chi connectivity index (χ1n) is 29.2. The number of rotatable bonds is 13. The average molecular weight is 1110 g/mol. The van der Waals surface area contributed by atoms with E-state index in [4.69, 9.17) is 10.5 Å². The highest BCUT2D eigenvalue weighted by molar-refractivity contribution is 8.76. The second-order valence-electron chi connectivity index (χ2n) is 23.9. The topological polar surface area (TPSA) is 217 Å². The molecule has 1 saturated heterocycles. The lowest BCUT2D eigenvalue weighted by atomic mass is 9.55. The quantitative estimate of drug-likeness (QED) is 0.0346. The molecule has 10 rings (SSSR count). The number of phenols is 1. The van der Waals surface area contributed by atoms with Crippen molar-refractivity contribution < 1.29 is 40.5 Å². The summed E-state index contributed by atoms with van der Waals surface area (Å²) in [6.07, 6.45) is 8.92. The zero-order chi connectivity index (χ0) is 55.2. The van der Waals surface area contributed by atoms with E-state index in [9.17, 15) is 35.7 Å². The maximum Gasteiger partial charge on any atom is 0.161 e. The van der Waals surface area contributed by atoms with E-state index in [0.717, 1.165) is 53.7 Å². The Morgan fingerprint density at radius 2 is 1.68 bits per heavy atom. The summed E-state index contributed by atoms with van der Waals surface area (Å²) in [7, 11) is 3.25. The predicted octanol–water partition coefficient (Wildman–Crippen LogP) is 8.29. The number of benzene rings is 3. The highest BCUT2D eigenvalue weighted by Crippen LogP contribution is 2.55. The summed E-state index contributed by atoms with van der Waals surface area (Å²) in [5, 5.41) is 89.6. The number of aromatic nitrogens is 1. The third-order valence-electron chi connectivity index (χ3n) is 18.8. The number of nitrogens with two attached hydrogens (primary N) is 1. The Hall–Kier alpha value is -4.66. The van der Waals surface area contributed by atoms with Gasteiger partial charge < -0.3 is 61.8 Å². The van der Waals surface area contributed by atoms with Crippen LogP contribution < -0.4 is 21.1 Å². The molecule has 0 radical (unpaired) electrons. The lowest BCUT2D eigenvalue weighted by Gasteiger charge is -2.49. The molecule has 1 aromatic heterocycles. The maximum atomic E-state index is 12.8. The number of hydrogen-bond acceptors (Lipinski definition) is 13. The SMILES string of the molecule is CC[C@H]1Cc2cc(O)c(O[C@H]3C[C@@H](Cc4ccc[nH]4)C4=CCNC(N)=C4CSSC[C@H](CO)[C@@H]3O)cc2[C@H]2C[C@@H](O)[C@@H]3[C@@H](C#C[C@]4(C[C@H](NC[C@H](C)O)CC[C@@H]3O)C[C@H](c3ccccc3)[C@@H](Cc3ccccc3)C[C@H]4CO)C=C12. The van der Waals surface area contributed by atoms with Crippen LogP contribution >= 0.6 is 21.6 Å². The molecular weight excluding hydrogens is 1030 g/mol. The third kappa shape index (κ3) is 13.0. The van der Waals surface area contributed by atoms with Crippen molar-refractivity contribution in [3.63, 3.8) is 0 Å². The van der Waals surface area contributed by atoms with E-state index in [2.05, 4.69) is 113 Å². The van der Waals surface area contributed by atoms with Crippen molar-refractivity contribution in [2.45, 2.75) is 133 Å². The van der Waals surface area contributed by atoms with Crippen LogP contribution in [0.4, 0.5) is 0 Å². The van der Waals surface area contributed by atoms with Crippen molar-refractivity contribution in [1.29, 1.82) is 0 Å². The molecule has 2 aliphatic heterocycles. The van der Waals surface area contributed by atoms with Gasteiger partial charge in [0.25, 0.3) is 0 Å². The van der Waals surface area contributed by atoms with Crippen molar-refractivity contribution in [1.82, 2.24) is 15.6 Å². The van der Waals surface area contributed by atoms with Gasteiger partial charge >= 0.3 is 0 Å². The average Bonchev–Trinajstić information content (AvgIpc) is 4.18. The fourth-order valence-electron chi connectivity index (χ4n) is 14.6. The Kier molecular flexibility index (Phi) is 19.0. The van der Waals surface area contributed by atoms with Gasteiger partial charge in [0.1, 0.15) is 11.9 Å². The van der Waals surface area contributed by atoms with E-state index in [1.165, 1.54) is 16.7 Å². The summed E-state index contributed by atoms with van der Waals surface area (Å²) in [4.78, 5) is 3.38. The molecule has 4 aliphatic carbocycles. The summed E-state index contributed by atoms with van der Waals surface area (Å²) < 4.78 is 6.99. The highest BCUT2D eigenvalue weighted by Gasteiger charge is 2.50. The fraction of sp³-hybridized carbons (Fsp3) is 0.538. The Bertz CT molecular complexity index is 2820. The van der Waals surface area contributed by atoms with Gasteiger partial charge in [-0.1, -0.05) is 119 Å². The van der Waals surface area contributed by atoms with Crippen molar-refractivity contribution in [2.75, 3.05) is 37.8 Å². The van der Waals surface area contributed by atoms with Gasteiger partial charge in [-0.15, -0.1) is 0 Å². The summed E-state index contributed by atoms with van der Waals surface area (Å²) >= 11 is 0. The zero-order valence-corrected chi connectivity index (χ0v) is 47.6. The molecule has 3 aromatic carbocycles. The van der Waals surface area contributed by atoms with Crippen molar-refractivity contribution >= 4 is 21.6 Å². The van der Waals surface area contributed by atoms with E-state index >= 15 is 0 Å². The van der Waals surface area contributed by atoms with Crippen LogP contribution in [0.25, 0.3) is 0 Å². The largest absolute Gasteiger partial charge is 0.504 e. The van der Waals surface area contributed by atoms with Crippen LogP contribution in [-0.2, 0) is 19.3 Å². The van der Waals surface area contributed by atoms with Gasteiger partial charge in [-0.3, -0.25) is 0 Å². The molecule has 0 amide bonds. The number of aromatic hydroxyl groups is 1. The van der Waals surface area contributed by atoms with Crippen molar-refractivity contribution in [2.24, 2.45) is 52.6 Å². The van der Waals surface area contributed by atoms with Crippen LogP contribution in [-0.4, -0.2) is 115 Å². The molecule has 4 aromatic rings. The van der Waals surface area contributed by atoms with Gasteiger partial charge in [-0.05, 0) is 159 Å². The van der Waals surface area contributed by atoms with Gasteiger partial charge in [0, 0.05) is 90.4 Å². The molecule has 1 saturated carbocycles. The van der Waals surface area contributed by atoms with Crippen LogP contribution in [0.5, 0.6) is 11.5 Å². The first kappa shape index (κ1) is 57.6. The van der Waals surface area contributed by atoms with Gasteiger partial charge in [0.15, 0.2) is 11.5 Å². The summed E-state index contributed by atoms with van der Waals surface area (Å²) in [5.41, 5.74) is 14.8. The Morgan fingerprint density at radius 3 is 2.42 bits per heavy atom. The van der Waals surface area contributed by atoms with Crippen LogP contribution in [0.2, 0.25) is 0 Å². The zero-order valence-electron chi connectivity index (χ0n) is 45.9. The van der Waals surface area contributed by atoms with Crippen LogP contribution in [0.15, 0.2) is 126 Å². The number of H-pyrrole nitrogens is 1. The number of hydrogen-bond donors (Lipinski definition) is 11. The van der Waals surface area contributed by atoms with Gasteiger partial charge in [-0.25, -0.2) is 0 Å². The molecule has 0 bridgehead atoms. The number of fused-ring (bicyclic) bond motifs is 5. The molecule has 0 unspecified atom stereocenters. The molecule has 6 aliphatic rings. The number of ether oxygens (including phenoxy) is 1. The smallest absolute Gasteiger partial charge is 0.161 e. The third-order valence-corrected chi connectivity index (χ3v) is 21.2. The van der Waals surface area contributed by atoms with Crippen LogP contribution in [0.3, 0.4) is 0 Å². The molecule has 2 fully saturated rings. The second kappa shape index (κ2) is 26.1. The number of aliphatic hydroxyl groups is 6. The number of dihydropyridines is 1. The van der Waals surface area contributed by atoms with E-state index in [0.29, 0.717) is 75.4 Å². The highest BCUT2D eigenvalue weighted by atomic mass is 33.1. The molecule has 12 nitrogen and oxygen atoms in total. The summed E-state index contributed by atoms with van der Waals surface area (Å²) in [5.74, 6) is 8.11. The molecule has 14 heteroatoms. The molecule has 12 N–H and O–H groups in total. The minimum Gasteiger partial charge on any atom is -0.504 e. The standard InChI is InChI=1S/C65H84N4O8S2/c1-3-41-24-45-28-58(74)60(77-61-29-46(26-49-15-10-21-67-49)51-19-22-68-64(66)56(51)38-79-78-37-47(35-70)63(61)76)31-53(45)54-30-59(75)62-43(27-52(41)54)18-20-65(32-50(16-17-57(62)73)69-34-39(2)72)33-55(42-13-8-5-9-14-42)44(25-48(65)36-71)23-40-11-6-4-7-12-40/h4-15,19,21,27-28,31,39,41,43-44,46-48,50,54-55,57,59,61-63,67-76H,3,16-17,22-26,29-30,32-38,66H2,1-2H3/t39-,41-,43-,44-,46+,47-,48-,50+,54-,55+,57-,59+,61-,62+,63-,65-/m0/s1. The van der Waals surface area contributed by atoms with E-state index in [1.807, 2.05) is 24.4 Å². The van der Waals surface area contributed by atoms with Crippen molar-refractivity contribution in [3.8, 4) is 23.3 Å². The monoisotopic (exact) mass is 1110 g/mol. The number of phenolic OH excluding ortho intramolecular Hbond substituents is 1. The summed E-state index contributed by atoms with van der Waals surface area (Å²) in [6.45, 7) is 4.65. The van der Waals surface area contributed by atoms with E-state index in [1.54, 1.807) is 28.5 Å². The fourth-order valence-corrected chi connectivity index (χ4v) is 17.1. The van der Waals surface area contributed by atoms with Gasteiger partial charge in [0.2, 0.25) is 0 Å². The molecule has 3 heterocycles. The maximum absolute atomic E-state index is 12.8. The predicted molar refractivity (Wildman–Crippen MR) is 316 cm³/mol. The van der Waals surface area contributed by atoms with Crippen LogP contribution in [0.1, 0.15) is 105 Å². The number of allylic oxidation sites excluding steroid dienone is 3.